The highest BCUT2D eigenvalue weighted by Crippen LogP contribution is 2.24. The molecule has 0 amide bonds. The van der Waals surface area contributed by atoms with Gasteiger partial charge in [0.25, 0.3) is 0 Å². The fourth-order valence-corrected chi connectivity index (χ4v) is 4.16. The number of nitrogens with one attached hydrogen (secondary N) is 3. The van der Waals surface area contributed by atoms with Crippen molar-refractivity contribution >= 4 is 34.3 Å². The third-order valence-electron chi connectivity index (χ3n) is 5.52. The summed E-state index contributed by atoms with van der Waals surface area (Å²) < 4.78 is 15.2. The summed E-state index contributed by atoms with van der Waals surface area (Å²) in [6.45, 7) is 1.91. The second-order valence-electron chi connectivity index (χ2n) is 7.74. The molecule has 0 radical (unpaired) electrons. The van der Waals surface area contributed by atoms with Crippen molar-refractivity contribution in [1.29, 1.82) is 5.41 Å². The highest BCUT2D eigenvalue weighted by molar-refractivity contribution is 6.32. The van der Waals surface area contributed by atoms with Gasteiger partial charge in [0.15, 0.2) is 5.65 Å². The predicted molar refractivity (Wildman–Crippen MR) is 120 cm³/mol. The lowest BCUT2D eigenvalue weighted by Gasteiger charge is -2.25. The van der Waals surface area contributed by atoms with E-state index in [0.29, 0.717) is 0 Å². The molecule has 0 bridgehead atoms. The summed E-state index contributed by atoms with van der Waals surface area (Å²) in [7, 11) is 2.09. The van der Waals surface area contributed by atoms with Crippen LogP contribution in [0.4, 0.5) is 16.0 Å². The summed E-state index contributed by atoms with van der Waals surface area (Å²) in [5.74, 6) is -0.434. The zero-order valence-electron chi connectivity index (χ0n) is 17.1. The predicted octanol–water partition coefficient (Wildman–Crippen LogP) is 3.11. The molecule has 0 atom stereocenters. The van der Waals surface area contributed by atoms with Crippen LogP contribution in [0.1, 0.15) is 11.1 Å². The van der Waals surface area contributed by atoms with Crippen LogP contribution in [-0.4, -0.2) is 38.0 Å². The number of anilines is 2. The maximum Gasteiger partial charge on any atom is 0.333 e. The molecule has 0 saturated carbocycles. The molecule has 10 heteroatoms. The summed E-state index contributed by atoms with van der Waals surface area (Å²) >= 11 is 6.09. The molecule has 4 aromatic rings. The van der Waals surface area contributed by atoms with E-state index in [-0.39, 0.29) is 33.2 Å². The Morgan fingerprint density at radius 2 is 2.09 bits per heavy atom. The van der Waals surface area contributed by atoms with Gasteiger partial charge in [-0.05, 0) is 48.9 Å². The van der Waals surface area contributed by atoms with Gasteiger partial charge in [-0.1, -0.05) is 23.7 Å². The molecule has 5 rings (SSSR count). The zero-order valence-corrected chi connectivity index (χ0v) is 17.9. The summed E-state index contributed by atoms with van der Waals surface area (Å²) in [5.41, 5.74) is 2.38. The number of H-pyrrole nitrogens is 1. The third-order valence-corrected chi connectivity index (χ3v) is 5.83. The van der Waals surface area contributed by atoms with Gasteiger partial charge >= 0.3 is 5.69 Å². The van der Waals surface area contributed by atoms with E-state index in [1.807, 2.05) is 6.07 Å². The normalized spacial score (nSPS) is 13.8. The standard InChI is InChI=1S/C22H19ClFN7O/c1-30-8-7-12-5-6-14(9-13(12)11-30)27-21-26-10-15-19(25)31(22(32)29-20(15)28-21)18-16(23)3-2-4-17(18)24/h2-6,9-10,25H,7-8,11H2,1H3,(H2,26,27,28,29,32). The molecule has 2 aromatic heterocycles. The molecule has 8 nitrogen and oxygen atoms in total. The molecule has 3 heterocycles. The second-order valence-corrected chi connectivity index (χ2v) is 8.14. The zero-order chi connectivity index (χ0) is 22.4. The van der Waals surface area contributed by atoms with Crippen LogP contribution in [0.15, 0.2) is 47.4 Å². The second kappa shape index (κ2) is 7.85. The quantitative estimate of drug-likeness (QED) is 0.444. The Morgan fingerprint density at radius 3 is 2.91 bits per heavy atom. The molecule has 0 spiro atoms. The molecule has 0 unspecified atom stereocenters. The molecular formula is C22H19ClFN7O. The van der Waals surface area contributed by atoms with Crippen LogP contribution < -0.4 is 16.5 Å². The lowest BCUT2D eigenvalue weighted by Crippen LogP contribution is -2.35. The fraction of sp³-hybridized carbons (Fsp3) is 0.182. The van der Waals surface area contributed by atoms with E-state index in [1.165, 1.54) is 35.5 Å². The average molecular weight is 452 g/mol. The van der Waals surface area contributed by atoms with Gasteiger partial charge in [0.1, 0.15) is 17.0 Å². The summed E-state index contributed by atoms with van der Waals surface area (Å²) in [4.78, 5) is 26.2. The number of nitrogens with zero attached hydrogens (tertiary/aromatic N) is 4. The minimum absolute atomic E-state index is 0.0191. The Labute approximate surface area is 186 Å². The van der Waals surface area contributed by atoms with Crippen molar-refractivity contribution in [2.24, 2.45) is 0 Å². The van der Waals surface area contributed by atoms with E-state index in [9.17, 15) is 9.18 Å². The van der Waals surface area contributed by atoms with Gasteiger partial charge in [-0.3, -0.25) is 10.4 Å². The van der Waals surface area contributed by atoms with E-state index in [1.54, 1.807) is 0 Å². The van der Waals surface area contributed by atoms with Crippen LogP contribution >= 0.6 is 11.6 Å². The largest absolute Gasteiger partial charge is 0.333 e. The van der Waals surface area contributed by atoms with Gasteiger partial charge in [0.2, 0.25) is 5.95 Å². The van der Waals surface area contributed by atoms with Gasteiger partial charge < -0.3 is 10.2 Å². The summed E-state index contributed by atoms with van der Waals surface area (Å²) in [6, 6.07) is 10.2. The molecule has 0 aliphatic carbocycles. The van der Waals surface area contributed by atoms with E-state index in [2.05, 4.69) is 44.3 Å². The molecule has 32 heavy (non-hydrogen) atoms. The summed E-state index contributed by atoms with van der Waals surface area (Å²) in [5, 5.41) is 11.9. The minimum atomic E-state index is -0.726. The molecule has 0 saturated heterocycles. The van der Waals surface area contributed by atoms with Crippen molar-refractivity contribution < 1.29 is 4.39 Å². The van der Waals surface area contributed by atoms with Gasteiger partial charge in [0, 0.05) is 25.0 Å². The van der Waals surface area contributed by atoms with Crippen LogP contribution in [0.5, 0.6) is 0 Å². The fourth-order valence-electron chi connectivity index (χ4n) is 3.91. The molecule has 2 aromatic carbocycles. The van der Waals surface area contributed by atoms with Crippen LogP contribution in [-0.2, 0) is 13.0 Å². The Kier molecular flexibility index (Phi) is 4.99. The van der Waals surface area contributed by atoms with E-state index < -0.39 is 11.5 Å². The first-order valence-corrected chi connectivity index (χ1v) is 10.4. The number of fused-ring (bicyclic) bond motifs is 2. The number of hydrogen-bond donors (Lipinski definition) is 3. The Hall–Kier alpha value is -3.56. The summed E-state index contributed by atoms with van der Waals surface area (Å²) in [6.07, 6.45) is 2.43. The monoisotopic (exact) mass is 451 g/mol. The van der Waals surface area contributed by atoms with Gasteiger partial charge in [-0.2, -0.15) is 4.98 Å². The molecular weight excluding hydrogens is 433 g/mol. The van der Waals surface area contributed by atoms with Crippen molar-refractivity contribution in [2.75, 3.05) is 18.9 Å². The lowest BCUT2D eigenvalue weighted by molar-refractivity contribution is 0.313. The number of rotatable bonds is 3. The first-order valence-electron chi connectivity index (χ1n) is 9.99. The van der Waals surface area contributed by atoms with Crippen LogP contribution in [0.2, 0.25) is 5.02 Å². The smallest absolute Gasteiger partial charge is 0.324 e. The van der Waals surface area contributed by atoms with Crippen molar-refractivity contribution in [2.45, 2.75) is 13.0 Å². The molecule has 1 aliphatic rings. The Morgan fingerprint density at radius 1 is 1.25 bits per heavy atom. The number of aromatic amines is 1. The lowest BCUT2D eigenvalue weighted by atomic mass is 9.99. The number of hydrogen-bond acceptors (Lipinski definition) is 6. The highest BCUT2D eigenvalue weighted by atomic mass is 35.5. The molecule has 3 N–H and O–H groups in total. The third kappa shape index (κ3) is 3.55. The molecule has 162 valence electrons. The molecule has 1 aliphatic heterocycles. The van der Waals surface area contributed by atoms with E-state index in [4.69, 9.17) is 17.0 Å². The Bertz CT molecular complexity index is 1460. The number of likely N-dealkylation sites (N-methyl/N-ethyl adjacent to an activating group) is 1. The number of benzene rings is 2. The Balaban J connectivity index is 1.54. The van der Waals surface area contributed by atoms with Gasteiger partial charge in [0.05, 0.1) is 10.4 Å². The minimum Gasteiger partial charge on any atom is -0.324 e. The van der Waals surface area contributed by atoms with Crippen molar-refractivity contribution in [3.8, 4) is 5.69 Å². The van der Waals surface area contributed by atoms with Crippen LogP contribution in [0, 0.1) is 11.2 Å². The average Bonchev–Trinajstić information content (AvgIpc) is 2.75. The van der Waals surface area contributed by atoms with Crippen molar-refractivity contribution in [3.63, 3.8) is 0 Å². The van der Waals surface area contributed by atoms with Gasteiger partial charge in [-0.15, -0.1) is 0 Å². The van der Waals surface area contributed by atoms with Gasteiger partial charge in [-0.25, -0.2) is 18.7 Å². The molecule has 0 fully saturated rings. The number of para-hydroxylation sites is 1. The highest BCUT2D eigenvalue weighted by Gasteiger charge is 2.16. The first-order chi connectivity index (χ1) is 15.4. The first kappa shape index (κ1) is 20.3. The number of aromatic nitrogens is 4. The van der Waals surface area contributed by atoms with Crippen molar-refractivity contribution in [3.05, 3.63) is 80.5 Å². The maximum atomic E-state index is 14.4. The topological polar surface area (TPSA) is 103 Å². The van der Waals surface area contributed by atoms with Crippen LogP contribution in [0.25, 0.3) is 16.7 Å². The van der Waals surface area contributed by atoms with E-state index in [0.717, 1.165) is 29.8 Å². The number of halogens is 2. The maximum absolute atomic E-state index is 14.4. The van der Waals surface area contributed by atoms with Crippen molar-refractivity contribution in [1.82, 2.24) is 24.4 Å². The SMILES string of the molecule is CN1CCc2ccc(Nc3ncc4c(=N)n(-c5c(F)cccc5Cl)c(=O)[nH]c4n3)cc2C1. The van der Waals surface area contributed by atoms with E-state index >= 15 is 0 Å². The van der Waals surface area contributed by atoms with Crippen LogP contribution in [0.3, 0.4) is 0 Å².